The number of cyclic esters (lactones) is 1. The number of amides is 1. The minimum Gasteiger partial charge on any atom is -0.447 e. The van der Waals surface area contributed by atoms with Crippen LogP contribution in [0.5, 0.6) is 0 Å². The van der Waals surface area contributed by atoms with Crippen LogP contribution in [0.4, 0.5) is 21.0 Å². The SMILES string of the molecule is C[C@H](Nc1ncc(F)c(N2C(=O)OCC2[C@@H](C)O)n1)c1ccc(Cl)cc1Cl. The van der Waals surface area contributed by atoms with Crippen molar-refractivity contribution in [2.75, 3.05) is 16.8 Å². The first kappa shape index (κ1) is 19.6. The summed E-state index contributed by atoms with van der Waals surface area (Å²) in [5.74, 6) is -0.980. The molecule has 27 heavy (non-hydrogen) atoms. The number of nitrogens with one attached hydrogen (secondary N) is 1. The van der Waals surface area contributed by atoms with Crippen LogP contribution in [-0.2, 0) is 4.74 Å². The van der Waals surface area contributed by atoms with E-state index >= 15 is 0 Å². The lowest BCUT2D eigenvalue weighted by Crippen LogP contribution is -2.42. The number of carbonyl (C=O) groups is 1. The predicted octanol–water partition coefficient (Wildman–Crippen LogP) is 3.80. The number of rotatable bonds is 5. The fourth-order valence-corrected chi connectivity index (χ4v) is 3.33. The molecule has 1 aromatic carbocycles. The fourth-order valence-electron chi connectivity index (χ4n) is 2.76. The Morgan fingerprint density at radius 2 is 2.15 bits per heavy atom. The van der Waals surface area contributed by atoms with Crippen molar-refractivity contribution >= 4 is 41.1 Å². The predicted molar refractivity (Wildman–Crippen MR) is 99.8 cm³/mol. The zero-order valence-corrected chi connectivity index (χ0v) is 16.0. The Kier molecular flexibility index (Phi) is 5.69. The lowest BCUT2D eigenvalue weighted by Gasteiger charge is -2.23. The van der Waals surface area contributed by atoms with Crippen molar-refractivity contribution in [1.29, 1.82) is 0 Å². The molecule has 1 fully saturated rings. The minimum absolute atomic E-state index is 0.0561. The molecule has 0 spiro atoms. The third-order valence-corrected chi connectivity index (χ3v) is 4.75. The van der Waals surface area contributed by atoms with E-state index in [-0.39, 0.29) is 24.4 Å². The van der Waals surface area contributed by atoms with Gasteiger partial charge in [-0.2, -0.15) is 4.98 Å². The summed E-state index contributed by atoms with van der Waals surface area (Å²) in [7, 11) is 0. The van der Waals surface area contributed by atoms with Crippen LogP contribution in [0.2, 0.25) is 10.0 Å². The topological polar surface area (TPSA) is 87.6 Å². The van der Waals surface area contributed by atoms with Crippen molar-refractivity contribution in [1.82, 2.24) is 9.97 Å². The summed E-state index contributed by atoms with van der Waals surface area (Å²) in [6, 6.07) is 4.02. The van der Waals surface area contributed by atoms with Crippen molar-refractivity contribution in [3.05, 3.63) is 45.8 Å². The number of benzene rings is 1. The second kappa shape index (κ2) is 7.84. The molecule has 2 N–H and O–H groups in total. The highest BCUT2D eigenvalue weighted by atomic mass is 35.5. The van der Waals surface area contributed by atoms with Crippen molar-refractivity contribution in [3.8, 4) is 0 Å². The van der Waals surface area contributed by atoms with Crippen LogP contribution in [0.1, 0.15) is 25.5 Å². The number of carbonyl (C=O) groups excluding carboxylic acids is 1. The highest BCUT2D eigenvalue weighted by Gasteiger charge is 2.39. The number of ether oxygens (including phenoxy) is 1. The Labute approximate surface area is 165 Å². The third kappa shape index (κ3) is 4.07. The highest BCUT2D eigenvalue weighted by Crippen LogP contribution is 2.30. The summed E-state index contributed by atoms with van der Waals surface area (Å²) >= 11 is 12.1. The quantitative estimate of drug-likeness (QED) is 0.773. The smallest absolute Gasteiger partial charge is 0.416 e. The van der Waals surface area contributed by atoms with Gasteiger partial charge in [0.15, 0.2) is 11.6 Å². The number of hydrogen-bond donors (Lipinski definition) is 2. The van der Waals surface area contributed by atoms with Crippen molar-refractivity contribution in [2.24, 2.45) is 0 Å². The van der Waals surface area contributed by atoms with Gasteiger partial charge in [0.1, 0.15) is 12.6 Å². The van der Waals surface area contributed by atoms with Gasteiger partial charge in [-0.3, -0.25) is 0 Å². The van der Waals surface area contributed by atoms with Gasteiger partial charge in [-0.1, -0.05) is 29.3 Å². The first-order chi connectivity index (χ1) is 12.8. The van der Waals surface area contributed by atoms with Gasteiger partial charge >= 0.3 is 6.09 Å². The van der Waals surface area contributed by atoms with E-state index < -0.39 is 24.1 Å². The summed E-state index contributed by atoms with van der Waals surface area (Å²) < 4.78 is 19.2. The molecule has 1 saturated heterocycles. The molecule has 1 aliphatic heterocycles. The lowest BCUT2D eigenvalue weighted by molar-refractivity contribution is 0.142. The monoisotopic (exact) mass is 414 g/mol. The molecule has 0 radical (unpaired) electrons. The summed E-state index contributed by atoms with van der Waals surface area (Å²) in [5.41, 5.74) is 0.748. The first-order valence-corrected chi connectivity index (χ1v) is 8.91. The molecule has 0 aliphatic carbocycles. The van der Waals surface area contributed by atoms with E-state index in [9.17, 15) is 14.3 Å². The number of hydrogen-bond acceptors (Lipinski definition) is 6. The molecule has 3 rings (SSSR count). The Morgan fingerprint density at radius 1 is 1.41 bits per heavy atom. The molecule has 10 heteroatoms. The molecule has 3 atom stereocenters. The molecule has 7 nitrogen and oxygen atoms in total. The minimum atomic E-state index is -0.922. The van der Waals surface area contributed by atoms with E-state index in [1.807, 2.05) is 6.92 Å². The average molecular weight is 415 g/mol. The Balaban J connectivity index is 1.88. The highest BCUT2D eigenvalue weighted by molar-refractivity contribution is 6.35. The molecular weight excluding hydrogens is 398 g/mol. The summed E-state index contributed by atoms with van der Waals surface area (Å²) in [4.78, 5) is 21.0. The normalized spacial score (nSPS) is 19.0. The number of halogens is 3. The van der Waals surface area contributed by atoms with E-state index in [0.717, 1.165) is 16.7 Å². The van der Waals surface area contributed by atoms with Gasteiger partial charge in [-0.25, -0.2) is 19.1 Å². The summed E-state index contributed by atoms with van der Waals surface area (Å²) in [6.45, 7) is 3.26. The largest absolute Gasteiger partial charge is 0.447 e. The number of anilines is 2. The van der Waals surface area contributed by atoms with E-state index in [1.165, 1.54) is 6.92 Å². The second-order valence-corrected chi connectivity index (χ2v) is 7.00. The summed E-state index contributed by atoms with van der Waals surface area (Å²) in [5, 5.41) is 13.8. The average Bonchev–Trinajstić information content (AvgIpc) is 2.98. The number of aliphatic hydroxyl groups is 1. The van der Waals surface area contributed by atoms with Crippen LogP contribution >= 0.6 is 23.2 Å². The number of nitrogens with zero attached hydrogens (tertiary/aromatic N) is 3. The number of aliphatic hydroxyl groups excluding tert-OH is 1. The Morgan fingerprint density at radius 3 is 2.81 bits per heavy atom. The van der Waals surface area contributed by atoms with E-state index in [1.54, 1.807) is 18.2 Å². The standard InChI is InChI=1S/C17H17Cl2FN4O3/c1-8(11-4-3-10(18)5-12(11)19)22-16-21-6-13(20)15(23-16)24-14(9(2)25)7-27-17(24)26/h3-6,8-9,14,25H,7H2,1-2H3,(H,21,22,23)/t8-,9+,14?/m0/s1. The fraction of sp³-hybridized carbons (Fsp3) is 0.353. The van der Waals surface area contributed by atoms with Crippen LogP contribution in [0.15, 0.2) is 24.4 Å². The molecule has 0 bridgehead atoms. The molecule has 1 unspecified atom stereocenters. The maximum Gasteiger partial charge on any atom is 0.416 e. The van der Waals surface area contributed by atoms with Gasteiger partial charge in [-0.15, -0.1) is 0 Å². The molecule has 2 aromatic rings. The molecule has 1 aromatic heterocycles. The lowest BCUT2D eigenvalue weighted by atomic mass is 10.1. The molecular formula is C17H17Cl2FN4O3. The van der Waals surface area contributed by atoms with Gasteiger partial charge in [0.2, 0.25) is 5.95 Å². The van der Waals surface area contributed by atoms with Crippen LogP contribution in [0.25, 0.3) is 0 Å². The summed E-state index contributed by atoms with van der Waals surface area (Å²) in [6.07, 6.45) is -0.752. The van der Waals surface area contributed by atoms with Crippen LogP contribution in [0, 0.1) is 5.82 Å². The van der Waals surface area contributed by atoms with Crippen LogP contribution in [-0.4, -0.2) is 39.9 Å². The van der Waals surface area contributed by atoms with Crippen molar-refractivity contribution in [3.63, 3.8) is 0 Å². The first-order valence-electron chi connectivity index (χ1n) is 8.16. The zero-order chi connectivity index (χ0) is 19.7. The van der Waals surface area contributed by atoms with E-state index in [0.29, 0.717) is 10.0 Å². The second-order valence-electron chi connectivity index (χ2n) is 6.15. The maximum atomic E-state index is 14.3. The van der Waals surface area contributed by atoms with Crippen LogP contribution in [0.3, 0.4) is 0 Å². The molecule has 0 saturated carbocycles. The Bertz CT molecular complexity index is 868. The van der Waals surface area contributed by atoms with E-state index in [4.69, 9.17) is 27.9 Å². The van der Waals surface area contributed by atoms with Gasteiger partial charge in [0, 0.05) is 10.0 Å². The van der Waals surface area contributed by atoms with Crippen molar-refractivity contribution in [2.45, 2.75) is 32.0 Å². The van der Waals surface area contributed by atoms with Crippen LogP contribution < -0.4 is 10.2 Å². The van der Waals surface area contributed by atoms with Gasteiger partial charge in [-0.05, 0) is 31.5 Å². The zero-order valence-electron chi connectivity index (χ0n) is 14.5. The molecule has 1 amide bonds. The molecule has 1 aliphatic rings. The Hall–Kier alpha value is -2.16. The molecule has 144 valence electrons. The van der Waals surface area contributed by atoms with Gasteiger partial charge in [0.25, 0.3) is 0 Å². The van der Waals surface area contributed by atoms with Crippen molar-refractivity contribution < 1.29 is 19.0 Å². The van der Waals surface area contributed by atoms with Gasteiger partial charge < -0.3 is 15.2 Å². The van der Waals surface area contributed by atoms with E-state index in [2.05, 4.69) is 15.3 Å². The maximum absolute atomic E-state index is 14.3. The van der Waals surface area contributed by atoms with Gasteiger partial charge in [0.05, 0.1) is 18.3 Å². The molecule has 2 heterocycles. The third-order valence-electron chi connectivity index (χ3n) is 4.19. The number of aromatic nitrogens is 2.